The van der Waals surface area contributed by atoms with Gasteiger partial charge in [-0.1, -0.05) is 40.9 Å². The molecule has 0 saturated carbocycles. The number of sulfonamides is 1. The minimum atomic E-state index is -4.29. The van der Waals surface area contributed by atoms with Gasteiger partial charge in [0.1, 0.15) is 6.54 Å². The Kier molecular flexibility index (Phi) is 8.80. The average Bonchev–Trinajstić information content (AvgIpc) is 2.88. The van der Waals surface area contributed by atoms with Gasteiger partial charge in [0.15, 0.2) is 0 Å². The van der Waals surface area contributed by atoms with Crippen molar-refractivity contribution < 1.29 is 32.3 Å². The van der Waals surface area contributed by atoms with Gasteiger partial charge in [-0.15, -0.1) is 0 Å². The number of hydrogen-bond donors (Lipinski definition) is 1. The summed E-state index contributed by atoms with van der Waals surface area (Å²) in [4.78, 5) is 37.3. The molecule has 0 atom stereocenters. The number of benzene rings is 3. The van der Waals surface area contributed by atoms with Gasteiger partial charge in [0.05, 0.1) is 46.6 Å². The molecule has 9 nitrogen and oxygen atoms in total. The molecule has 3 aromatic carbocycles. The number of carbonyl (C=O) groups excluding carboxylic acids is 3. The number of methoxy groups -OCH3 is 2. The number of ether oxygens (including phenoxy) is 2. The number of amides is 1. The number of nitrogens with zero attached hydrogens (tertiary/aromatic N) is 1. The second-order valence-electron chi connectivity index (χ2n) is 7.71. The zero-order chi connectivity index (χ0) is 27.3. The van der Waals surface area contributed by atoms with E-state index < -0.39 is 34.4 Å². The van der Waals surface area contributed by atoms with E-state index in [1.54, 1.807) is 19.1 Å². The van der Waals surface area contributed by atoms with Gasteiger partial charge in [-0.2, -0.15) is 0 Å². The first-order chi connectivity index (χ1) is 17.5. The number of hydrogen-bond acceptors (Lipinski definition) is 7. The van der Waals surface area contributed by atoms with Crippen molar-refractivity contribution in [3.8, 4) is 0 Å². The van der Waals surface area contributed by atoms with E-state index >= 15 is 0 Å². The molecule has 0 bridgehead atoms. The third-order valence-electron chi connectivity index (χ3n) is 5.19. The van der Waals surface area contributed by atoms with Gasteiger partial charge >= 0.3 is 11.9 Å². The van der Waals surface area contributed by atoms with Gasteiger partial charge < -0.3 is 14.8 Å². The van der Waals surface area contributed by atoms with Crippen LogP contribution in [0.3, 0.4) is 0 Å². The summed E-state index contributed by atoms with van der Waals surface area (Å²) in [6, 6.07) is 14.1. The van der Waals surface area contributed by atoms with Crippen molar-refractivity contribution in [3.63, 3.8) is 0 Å². The molecule has 0 aliphatic heterocycles. The van der Waals surface area contributed by atoms with E-state index in [9.17, 15) is 22.8 Å². The van der Waals surface area contributed by atoms with Gasteiger partial charge in [-0.05, 0) is 55.5 Å². The minimum absolute atomic E-state index is 0.0265. The van der Waals surface area contributed by atoms with Crippen LogP contribution < -0.4 is 9.62 Å². The summed E-state index contributed by atoms with van der Waals surface area (Å²) in [6.45, 7) is 1.07. The van der Waals surface area contributed by atoms with E-state index in [-0.39, 0.29) is 37.4 Å². The third-order valence-corrected chi connectivity index (χ3v) is 7.52. The maximum atomic E-state index is 13.6. The SMILES string of the molecule is COC(=O)c1ccc(C(=O)OC)c(NC(=O)CN(c2cc(Cl)ccc2Cl)S(=O)(=O)c2ccc(C)cc2)c1. The summed E-state index contributed by atoms with van der Waals surface area (Å²) in [5.74, 6) is -2.33. The van der Waals surface area contributed by atoms with E-state index in [0.29, 0.717) is 0 Å². The molecule has 3 aromatic rings. The van der Waals surface area contributed by atoms with Gasteiger partial charge in [0.2, 0.25) is 5.91 Å². The van der Waals surface area contributed by atoms with Crippen molar-refractivity contribution in [2.24, 2.45) is 0 Å². The zero-order valence-electron chi connectivity index (χ0n) is 19.9. The van der Waals surface area contributed by atoms with Crippen LogP contribution >= 0.6 is 23.2 Å². The number of halogens is 2. The first kappa shape index (κ1) is 28.0. The molecule has 0 heterocycles. The van der Waals surface area contributed by atoms with Gasteiger partial charge in [0, 0.05) is 5.02 Å². The molecule has 0 fully saturated rings. The Hall–Kier alpha value is -3.60. The highest BCUT2D eigenvalue weighted by Crippen LogP contribution is 2.33. The number of aryl methyl sites for hydroxylation is 1. The highest BCUT2D eigenvalue weighted by molar-refractivity contribution is 7.92. The van der Waals surface area contributed by atoms with Crippen LogP contribution in [0.25, 0.3) is 0 Å². The first-order valence-electron chi connectivity index (χ1n) is 10.6. The quantitative estimate of drug-likeness (QED) is 0.393. The van der Waals surface area contributed by atoms with Crippen LogP contribution in [0.5, 0.6) is 0 Å². The number of nitrogens with one attached hydrogen (secondary N) is 1. The molecule has 0 radical (unpaired) electrons. The maximum absolute atomic E-state index is 13.6. The molecule has 0 unspecified atom stereocenters. The molecule has 0 spiro atoms. The van der Waals surface area contributed by atoms with Crippen LogP contribution in [0.2, 0.25) is 10.0 Å². The van der Waals surface area contributed by atoms with Gasteiger partial charge in [-0.25, -0.2) is 18.0 Å². The van der Waals surface area contributed by atoms with E-state index in [0.717, 1.165) is 17.0 Å². The highest BCUT2D eigenvalue weighted by atomic mass is 35.5. The van der Waals surface area contributed by atoms with E-state index in [2.05, 4.69) is 10.1 Å². The lowest BCUT2D eigenvalue weighted by molar-refractivity contribution is -0.114. The summed E-state index contributed by atoms with van der Waals surface area (Å²) in [6.07, 6.45) is 0. The van der Waals surface area contributed by atoms with Crippen molar-refractivity contribution in [1.29, 1.82) is 0 Å². The molecule has 1 amide bonds. The zero-order valence-corrected chi connectivity index (χ0v) is 22.3. The molecule has 12 heteroatoms. The monoisotopic (exact) mass is 564 g/mol. The second kappa shape index (κ2) is 11.6. The Bertz CT molecular complexity index is 1460. The molecule has 3 rings (SSSR count). The molecule has 0 saturated heterocycles. The Balaban J connectivity index is 2.05. The second-order valence-corrected chi connectivity index (χ2v) is 10.4. The van der Waals surface area contributed by atoms with E-state index in [4.69, 9.17) is 27.9 Å². The van der Waals surface area contributed by atoms with Crippen LogP contribution in [-0.2, 0) is 24.3 Å². The minimum Gasteiger partial charge on any atom is -0.465 e. The lowest BCUT2D eigenvalue weighted by Crippen LogP contribution is -2.38. The summed E-state index contributed by atoms with van der Waals surface area (Å²) in [5, 5.41) is 2.72. The maximum Gasteiger partial charge on any atom is 0.339 e. The van der Waals surface area contributed by atoms with Crippen molar-refractivity contribution in [2.45, 2.75) is 11.8 Å². The Morgan fingerprint density at radius 2 is 1.54 bits per heavy atom. The number of esters is 2. The topological polar surface area (TPSA) is 119 Å². The molecule has 194 valence electrons. The molecule has 0 aromatic heterocycles. The van der Waals surface area contributed by atoms with Gasteiger partial charge in [0.25, 0.3) is 10.0 Å². The standard InChI is InChI=1S/C25H22Cl2N2O7S/c1-15-4-8-18(9-5-15)37(33,34)29(22-13-17(26)7-11-20(22)27)14-23(30)28-21-12-16(24(31)35-2)6-10-19(21)25(32)36-3/h4-13H,14H2,1-3H3,(H,28,30). The number of rotatable bonds is 8. The van der Waals surface area contributed by atoms with Crippen LogP contribution in [0.15, 0.2) is 65.6 Å². The predicted octanol–water partition coefficient (Wildman–Crippen LogP) is 4.71. The molecule has 0 aliphatic rings. The highest BCUT2D eigenvalue weighted by Gasteiger charge is 2.29. The Morgan fingerprint density at radius 1 is 0.892 bits per heavy atom. The molecular weight excluding hydrogens is 543 g/mol. The lowest BCUT2D eigenvalue weighted by atomic mass is 10.1. The fraction of sp³-hybridized carbons (Fsp3) is 0.160. The van der Waals surface area contributed by atoms with Crippen LogP contribution in [0.1, 0.15) is 26.3 Å². The normalized spacial score (nSPS) is 10.9. The summed E-state index contributed by atoms with van der Waals surface area (Å²) < 4.78 is 37.5. The number of anilines is 2. The van der Waals surface area contributed by atoms with Crippen molar-refractivity contribution >= 4 is 62.4 Å². The summed E-state index contributed by atoms with van der Waals surface area (Å²) in [7, 11) is -1.96. The Morgan fingerprint density at radius 3 is 2.16 bits per heavy atom. The molecule has 0 aliphatic carbocycles. The van der Waals surface area contributed by atoms with Crippen LogP contribution in [-0.4, -0.2) is 47.0 Å². The summed E-state index contributed by atoms with van der Waals surface area (Å²) in [5.41, 5.74) is 0.723. The molecule has 37 heavy (non-hydrogen) atoms. The molecular formula is C25H22Cl2N2O7S. The van der Waals surface area contributed by atoms with Crippen molar-refractivity contribution in [3.05, 3.63) is 87.4 Å². The Labute approximate surface area is 223 Å². The smallest absolute Gasteiger partial charge is 0.339 e. The molecule has 1 N–H and O–H groups in total. The fourth-order valence-electron chi connectivity index (χ4n) is 3.31. The van der Waals surface area contributed by atoms with Crippen molar-refractivity contribution in [2.75, 3.05) is 30.4 Å². The number of carbonyl (C=O) groups is 3. The van der Waals surface area contributed by atoms with Crippen LogP contribution in [0, 0.1) is 6.92 Å². The van der Waals surface area contributed by atoms with Gasteiger partial charge in [-0.3, -0.25) is 9.10 Å². The fourth-order valence-corrected chi connectivity index (χ4v) is 5.18. The van der Waals surface area contributed by atoms with E-state index in [1.165, 1.54) is 55.6 Å². The largest absolute Gasteiger partial charge is 0.465 e. The van der Waals surface area contributed by atoms with Crippen LogP contribution in [0.4, 0.5) is 11.4 Å². The first-order valence-corrected chi connectivity index (χ1v) is 12.8. The average molecular weight is 565 g/mol. The van der Waals surface area contributed by atoms with E-state index in [1.807, 2.05) is 0 Å². The third kappa shape index (κ3) is 6.40. The predicted molar refractivity (Wildman–Crippen MR) is 140 cm³/mol. The lowest BCUT2D eigenvalue weighted by Gasteiger charge is -2.25. The van der Waals surface area contributed by atoms with Crippen molar-refractivity contribution in [1.82, 2.24) is 0 Å². The summed E-state index contributed by atoms with van der Waals surface area (Å²) >= 11 is 12.4.